The van der Waals surface area contributed by atoms with Crippen LogP contribution in [-0.4, -0.2) is 41.4 Å². The number of carbonyl (C=O) groups is 1. The summed E-state index contributed by atoms with van der Waals surface area (Å²) in [4.78, 5) is 30.1. The normalized spacial score (nSPS) is 11.1. The molecule has 5 rings (SSSR count). The number of nitrogens with zero attached hydrogens (tertiary/aromatic N) is 3. The van der Waals surface area contributed by atoms with Crippen LogP contribution in [0.3, 0.4) is 0 Å². The summed E-state index contributed by atoms with van der Waals surface area (Å²) in [5.41, 5.74) is 1.85. The summed E-state index contributed by atoms with van der Waals surface area (Å²) in [6, 6.07) is 20.0. The minimum absolute atomic E-state index is 0.0525. The number of thiazole rings is 1. The summed E-state index contributed by atoms with van der Waals surface area (Å²) in [5.74, 6) is 1.20. The first-order chi connectivity index (χ1) is 17.6. The molecule has 182 valence electrons. The van der Waals surface area contributed by atoms with E-state index in [9.17, 15) is 9.59 Å². The average Bonchev–Trinajstić information content (AvgIpc) is 3.31. The third kappa shape index (κ3) is 4.77. The molecule has 0 saturated heterocycles. The van der Waals surface area contributed by atoms with Crippen LogP contribution in [0.5, 0.6) is 11.5 Å². The molecule has 9 nitrogen and oxygen atoms in total. The fourth-order valence-electron chi connectivity index (χ4n) is 3.83. The first kappa shape index (κ1) is 23.5. The van der Waals surface area contributed by atoms with E-state index in [0.717, 1.165) is 21.4 Å². The monoisotopic (exact) mass is 501 g/mol. The van der Waals surface area contributed by atoms with Gasteiger partial charge in [0.2, 0.25) is 5.91 Å². The lowest BCUT2D eigenvalue weighted by molar-refractivity contribution is -0.115. The van der Waals surface area contributed by atoms with Crippen LogP contribution in [0.4, 0.5) is 5.13 Å². The Bertz CT molecular complexity index is 1610. The van der Waals surface area contributed by atoms with E-state index in [4.69, 9.17) is 9.47 Å². The van der Waals surface area contributed by atoms with Crippen molar-refractivity contribution in [2.75, 3.05) is 26.1 Å². The standard InChI is InChI=1S/C26H23N5O4S/c1-34-17-9-7-16(8-10-17)31-25(33)20-6-4-3-5-19(20)22(30-31)14-27-15-24(32)29-26-28-21-12-11-18(35-2)13-23(21)36-26/h3-13,27H,14-15H2,1-2H3,(H,28,29,32). The second-order valence-electron chi connectivity index (χ2n) is 7.91. The molecular weight excluding hydrogens is 478 g/mol. The molecule has 0 atom stereocenters. The zero-order chi connectivity index (χ0) is 25.1. The van der Waals surface area contributed by atoms with Gasteiger partial charge in [-0.2, -0.15) is 9.78 Å². The largest absolute Gasteiger partial charge is 0.497 e. The molecule has 0 spiro atoms. The van der Waals surface area contributed by atoms with Crippen LogP contribution in [0.15, 0.2) is 71.5 Å². The highest BCUT2D eigenvalue weighted by atomic mass is 32.1. The highest BCUT2D eigenvalue weighted by Gasteiger charge is 2.13. The third-order valence-electron chi connectivity index (χ3n) is 5.62. The van der Waals surface area contributed by atoms with Gasteiger partial charge in [-0.1, -0.05) is 29.5 Å². The SMILES string of the molecule is COc1ccc(-n2nc(CNCC(=O)Nc3nc4ccc(OC)cc4s3)c3ccccc3c2=O)cc1. The van der Waals surface area contributed by atoms with Gasteiger partial charge in [0.15, 0.2) is 5.13 Å². The maximum Gasteiger partial charge on any atom is 0.279 e. The van der Waals surface area contributed by atoms with E-state index in [0.29, 0.717) is 34.2 Å². The average molecular weight is 502 g/mol. The molecule has 5 aromatic rings. The predicted octanol–water partition coefficient (Wildman–Crippen LogP) is 3.74. The smallest absolute Gasteiger partial charge is 0.279 e. The number of amides is 1. The van der Waals surface area contributed by atoms with Crippen LogP contribution in [0.25, 0.3) is 26.7 Å². The number of benzene rings is 3. The number of hydrogen-bond acceptors (Lipinski definition) is 8. The minimum Gasteiger partial charge on any atom is -0.497 e. The van der Waals surface area contributed by atoms with Gasteiger partial charge < -0.3 is 20.1 Å². The first-order valence-corrected chi connectivity index (χ1v) is 12.0. The molecule has 2 N–H and O–H groups in total. The van der Waals surface area contributed by atoms with Crippen LogP contribution in [0.1, 0.15) is 5.69 Å². The molecule has 0 bridgehead atoms. The van der Waals surface area contributed by atoms with E-state index in [2.05, 4.69) is 20.7 Å². The predicted molar refractivity (Wildman–Crippen MR) is 140 cm³/mol. The number of hydrogen-bond donors (Lipinski definition) is 2. The van der Waals surface area contributed by atoms with Gasteiger partial charge in [0.1, 0.15) is 11.5 Å². The fourth-order valence-corrected chi connectivity index (χ4v) is 4.74. The zero-order valence-corrected chi connectivity index (χ0v) is 20.5. The Kier molecular flexibility index (Phi) is 6.61. The number of aromatic nitrogens is 3. The van der Waals surface area contributed by atoms with Gasteiger partial charge in [-0.05, 0) is 48.5 Å². The molecule has 1 amide bonds. The molecule has 10 heteroatoms. The van der Waals surface area contributed by atoms with Crippen molar-refractivity contribution in [3.05, 3.63) is 82.8 Å². The quantitative estimate of drug-likeness (QED) is 0.334. The molecule has 0 saturated carbocycles. The number of ether oxygens (including phenoxy) is 2. The maximum absolute atomic E-state index is 13.1. The van der Waals surface area contributed by atoms with Crippen molar-refractivity contribution >= 4 is 43.4 Å². The summed E-state index contributed by atoms with van der Waals surface area (Å²) in [7, 11) is 3.20. The van der Waals surface area contributed by atoms with E-state index in [1.54, 1.807) is 44.6 Å². The second-order valence-corrected chi connectivity index (χ2v) is 8.94. The van der Waals surface area contributed by atoms with Crippen molar-refractivity contribution in [1.82, 2.24) is 20.1 Å². The van der Waals surface area contributed by atoms with Gasteiger partial charge in [-0.25, -0.2) is 4.98 Å². The lowest BCUT2D eigenvalue weighted by Crippen LogP contribution is -2.30. The van der Waals surface area contributed by atoms with Gasteiger partial charge in [-0.15, -0.1) is 0 Å². The number of rotatable bonds is 8. The van der Waals surface area contributed by atoms with Crippen molar-refractivity contribution in [2.24, 2.45) is 0 Å². The number of methoxy groups -OCH3 is 2. The van der Waals surface area contributed by atoms with E-state index in [-0.39, 0.29) is 18.0 Å². The van der Waals surface area contributed by atoms with Crippen LogP contribution < -0.4 is 25.7 Å². The molecule has 0 fully saturated rings. The number of anilines is 1. The molecule has 2 heterocycles. The summed E-state index contributed by atoms with van der Waals surface area (Å²) in [6.07, 6.45) is 0. The maximum atomic E-state index is 13.1. The summed E-state index contributed by atoms with van der Waals surface area (Å²) < 4.78 is 12.7. The highest BCUT2D eigenvalue weighted by Crippen LogP contribution is 2.29. The Morgan fingerprint density at radius 3 is 2.44 bits per heavy atom. The molecule has 0 radical (unpaired) electrons. The van der Waals surface area contributed by atoms with Crippen molar-refractivity contribution in [2.45, 2.75) is 6.54 Å². The van der Waals surface area contributed by atoms with E-state index in [1.807, 2.05) is 36.4 Å². The summed E-state index contributed by atoms with van der Waals surface area (Å²) >= 11 is 1.38. The van der Waals surface area contributed by atoms with Gasteiger partial charge in [-0.3, -0.25) is 9.59 Å². The van der Waals surface area contributed by atoms with E-state index >= 15 is 0 Å². The van der Waals surface area contributed by atoms with Crippen molar-refractivity contribution in [3.8, 4) is 17.2 Å². The van der Waals surface area contributed by atoms with Gasteiger partial charge in [0.25, 0.3) is 5.56 Å². The molecule has 0 aliphatic carbocycles. The Morgan fingerprint density at radius 2 is 1.69 bits per heavy atom. The number of nitrogens with one attached hydrogen (secondary N) is 2. The fraction of sp³-hybridized carbons (Fsp3) is 0.154. The molecular formula is C26H23N5O4S. The Balaban J connectivity index is 1.32. The molecule has 2 aromatic heterocycles. The number of fused-ring (bicyclic) bond motifs is 2. The zero-order valence-electron chi connectivity index (χ0n) is 19.6. The lowest BCUT2D eigenvalue weighted by atomic mass is 10.1. The molecule has 0 aliphatic rings. The third-order valence-corrected chi connectivity index (χ3v) is 6.55. The topological polar surface area (TPSA) is 107 Å². The minimum atomic E-state index is -0.228. The van der Waals surface area contributed by atoms with Crippen molar-refractivity contribution < 1.29 is 14.3 Å². The summed E-state index contributed by atoms with van der Waals surface area (Å²) in [6.45, 7) is 0.346. The Labute approximate surface area is 210 Å². The van der Waals surface area contributed by atoms with E-state index in [1.165, 1.54) is 16.0 Å². The van der Waals surface area contributed by atoms with Gasteiger partial charge >= 0.3 is 0 Å². The highest BCUT2D eigenvalue weighted by molar-refractivity contribution is 7.22. The summed E-state index contributed by atoms with van der Waals surface area (Å²) in [5, 5.41) is 12.4. The Morgan fingerprint density at radius 1 is 0.972 bits per heavy atom. The van der Waals surface area contributed by atoms with Gasteiger partial charge in [0.05, 0.1) is 47.7 Å². The second kappa shape index (κ2) is 10.1. The first-order valence-electron chi connectivity index (χ1n) is 11.2. The molecule has 36 heavy (non-hydrogen) atoms. The van der Waals surface area contributed by atoms with Crippen LogP contribution >= 0.6 is 11.3 Å². The van der Waals surface area contributed by atoms with Crippen molar-refractivity contribution in [3.63, 3.8) is 0 Å². The molecule has 0 unspecified atom stereocenters. The van der Waals surface area contributed by atoms with Gasteiger partial charge in [0, 0.05) is 11.9 Å². The van der Waals surface area contributed by atoms with Crippen molar-refractivity contribution in [1.29, 1.82) is 0 Å². The van der Waals surface area contributed by atoms with Crippen LogP contribution in [0, 0.1) is 0 Å². The molecule has 3 aromatic carbocycles. The van der Waals surface area contributed by atoms with Crippen LogP contribution in [0.2, 0.25) is 0 Å². The van der Waals surface area contributed by atoms with Crippen LogP contribution in [-0.2, 0) is 11.3 Å². The Hall–Kier alpha value is -4.28. The lowest BCUT2D eigenvalue weighted by Gasteiger charge is -2.12. The number of carbonyl (C=O) groups excluding carboxylic acids is 1. The molecule has 0 aliphatic heterocycles. The van der Waals surface area contributed by atoms with E-state index < -0.39 is 0 Å².